The van der Waals surface area contributed by atoms with E-state index in [4.69, 9.17) is 4.42 Å². The minimum atomic E-state index is -0.455. The monoisotopic (exact) mass is 192 g/mol. The first-order chi connectivity index (χ1) is 6.68. The molecular weight excluding hydrogens is 184 g/mol. The fourth-order valence-corrected chi connectivity index (χ4v) is 1.12. The largest absolute Gasteiger partial charge is 0.463 e. The molecule has 0 saturated carbocycles. The summed E-state index contributed by atoms with van der Waals surface area (Å²) < 4.78 is 6.04. The maximum atomic E-state index is 11.3. The SMILES string of the molecule is Cn1c(=O)cc(-c2ccco2)[nH]c1=O. The van der Waals surface area contributed by atoms with Gasteiger partial charge in [0.25, 0.3) is 5.56 Å². The van der Waals surface area contributed by atoms with Gasteiger partial charge < -0.3 is 9.40 Å². The molecule has 5 nitrogen and oxygen atoms in total. The van der Waals surface area contributed by atoms with Gasteiger partial charge in [-0.3, -0.25) is 9.36 Å². The van der Waals surface area contributed by atoms with Gasteiger partial charge in [-0.05, 0) is 12.1 Å². The van der Waals surface area contributed by atoms with Crippen LogP contribution in [0.15, 0.2) is 38.5 Å². The van der Waals surface area contributed by atoms with E-state index in [-0.39, 0.29) is 5.56 Å². The highest BCUT2D eigenvalue weighted by atomic mass is 16.3. The molecule has 5 heteroatoms. The number of aromatic nitrogens is 2. The van der Waals surface area contributed by atoms with Crippen LogP contribution in [-0.2, 0) is 7.05 Å². The quantitative estimate of drug-likeness (QED) is 0.708. The Morgan fingerprint density at radius 1 is 1.43 bits per heavy atom. The van der Waals surface area contributed by atoms with E-state index in [2.05, 4.69) is 4.98 Å². The first-order valence-corrected chi connectivity index (χ1v) is 4.03. The zero-order valence-electron chi connectivity index (χ0n) is 7.48. The predicted molar refractivity (Wildman–Crippen MR) is 50.0 cm³/mol. The molecule has 1 N–H and O–H groups in total. The topological polar surface area (TPSA) is 68.0 Å². The minimum Gasteiger partial charge on any atom is -0.463 e. The van der Waals surface area contributed by atoms with E-state index >= 15 is 0 Å². The molecule has 14 heavy (non-hydrogen) atoms. The van der Waals surface area contributed by atoms with Gasteiger partial charge in [0.15, 0.2) is 0 Å². The Morgan fingerprint density at radius 3 is 2.79 bits per heavy atom. The molecule has 0 atom stereocenters. The molecule has 0 aliphatic carbocycles. The molecule has 2 heterocycles. The fourth-order valence-electron chi connectivity index (χ4n) is 1.12. The second-order valence-electron chi connectivity index (χ2n) is 2.86. The van der Waals surface area contributed by atoms with Gasteiger partial charge in [0.2, 0.25) is 0 Å². The standard InChI is InChI=1S/C9H8N2O3/c1-11-8(12)5-6(10-9(11)13)7-3-2-4-14-7/h2-5H,1H3,(H,10,13). The number of furan rings is 1. The van der Waals surface area contributed by atoms with E-state index in [1.54, 1.807) is 12.1 Å². The zero-order valence-corrected chi connectivity index (χ0v) is 7.48. The van der Waals surface area contributed by atoms with Crippen molar-refractivity contribution in [1.29, 1.82) is 0 Å². The van der Waals surface area contributed by atoms with Gasteiger partial charge in [0, 0.05) is 13.1 Å². The normalized spacial score (nSPS) is 10.4. The van der Waals surface area contributed by atoms with Crippen molar-refractivity contribution in [2.45, 2.75) is 0 Å². The zero-order chi connectivity index (χ0) is 10.1. The highest BCUT2D eigenvalue weighted by Gasteiger charge is 2.04. The summed E-state index contributed by atoms with van der Waals surface area (Å²) in [6, 6.07) is 4.68. The van der Waals surface area contributed by atoms with Crippen LogP contribution in [0, 0.1) is 0 Å². The van der Waals surface area contributed by atoms with Crippen LogP contribution in [-0.4, -0.2) is 9.55 Å². The van der Waals surface area contributed by atoms with Crippen LogP contribution in [0.5, 0.6) is 0 Å². The molecule has 0 radical (unpaired) electrons. The Balaban J connectivity index is 2.69. The number of hydrogen-bond acceptors (Lipinski definition) is 3. The smallest absolute Gasteiger partial charge is 0.328 e. The number of H-pyrrole nitrogens is 1. The van der Waals surface area contributed by atoms with Gasteiger partial charge in [-0.15, -0.1) is 0 Å². The second-order valence-corrected chi connectivity index (χ2v) is 2.86. The Bertz CT molecular complexity index is 517. The maximum absolute atomic E-state index is 11.3. The molecule has 2 aromatic heterocycles. The summed E-state index contributed by atoms with van der Waals surface area (Å²) in [5, 5.41) is 0. The highest BCUT2D eigenvalue weighted by molar-refractivity contribution is 5.50. The molecule has 0 amide bonds. The van der Waals surface area contributed by atoms with E-state index < -0.39 is 5.69 Å². The van der Waals surface area contributed by atoms with Crippen LogP contribution in [0.25, 0.3) is 11.5 Å². The van der Waals surface area contributed by atoms with Gasteiger partial charge >= 0.3 is 5.69 Å². The van der Waals surface area contributed by atoms with Gasteiger partial charge in [0.05, 0.1) is 12.0 Å². The van der Waals surface area contributed by atoms with Crippen LogP contribution in [0.3, 0.4) is 0 Å². The predicted octanol–water partition coefficient (Wildman–Crippen LogP) is 0.334. The third kappa shape index (κ3) is 1.28. The van der Waals surface area contributed by atoms with Crippen molar-refractivity contribution in [1.82, 2.24) is 9.55 Å². The third-order valence-corrected chi connectivity index (χ3v) is 1.93. The molecule has 0 unspecified atom stereocenters. The van der Waals surface area contributed by atoms with Crippen molar-refractivity contribution in [3.8, 4) is 11.5 Å². The Kier molecular flexibility index (Phi) is 1.85. The van der Waals surface area contributed by atoms with Crippen LogP contribution in [0.1, 0.15) is 0 Å². The summed E-state index contributed by atoms with van der Waals surface area (Å²) in [6.45, 7) is 0. The lowest BCUT2D eigenvalue weighted by Crippen LogP contribution is -2.32. The van der Waals surface area contributed by atoms with E-state index in [9.17, 15) is 9.59 Å². The van der Waals surface area contributed by atoms with Gasteiger partial charge in [-0.2, -0.15) is 0 Å². The van der Waals surface area contributed by atoms with Crippen LogP contribution in [0.4, 0.5) is 0 Å². The van der Waals surface area contributed by atoms with Crippen molar-refractivity contribution in [3.05, 3.63) is 45.3 Å². The van der Waals surface area contributed by atoms with Crippen LogP contribution >= 0.6 is 0 Å². The first kappa shape index (κ1) is 8.55. The summed E-state index contributed by atoms with van der Waals surface area (Å²) in [5.74, 6) is 0.472. The second kappa shape index (κ2) is 3.02. The number of nitrogens with one attached hydrogen (secondary N) is 1. The molecule has 0 aliphatic rings. The molecular formula is C9H8N2O3. The summed E-state index contributed by atoms with van der Waals surface area (Å²) in [7, 11) is 1.41. The molecule has 2 aromatic rings. The van der Waals surface area contributed by atoms with E-state index in [1.165, 1.54) is 19.4 Å². The molecule has 0 bridgehead atoms. The average Bonchev–Trinajstić information content (AvgIpc) is 2.66. The van der Waals surface area contributed by atoms with Gasteiger partial charge in [-0.25, -0.2) is 4.79 Å². The average molecular weight is 192 g/mol. The third-order valence-electron chi connectivity index (χ3n) is 1.93. The van der Waals surface area contributed by atoms with Crippen molar-refractivity contribution in [2.24, 2.45) is 7.05 Å². The first-order valence-electron chi connectivity index (χ1n) is 4.03. The van der Waals surface area contributed by atoms with E-state index in [0.717, 1.165) is 4.57 Å². The lowest BCUT2D eigenvalue weighted by atomic mass is 10.3. The van der Waals surface area contributed by atoms with Crippen molar-refractivity contribution < 1.29 is 4.42 Å². The lowest BCUT2D eigenvalue weighted by Gasteiger charge is -1.98. The van der Waals surface area contributed by atoms with Crippen molar-refractivity contribution in [2.75, 3.05) is 0 Å². The Hall–Kier alpha value is -2.04. The molecule has 0 aromatic carbocycles. The summed E-state index contributed by atoms with van der Waals surface area (Å²) in [4.78, 5) is 25.0. The molecule has 72 valence electrons. The molecule has 0 saturated heterocycles. The number of rotatable bonds is 1. The molecule has 0 fully saturated rings. The number of nitrogens with zero attached hydrogens (tertiary/aromatic N) is 1. The van der Waals surface area contributed by atoms with Crippen molar-refractivity contribution >= 4 is 0 Å². The van der Waals surface area contributed by atoms with E-state index in [0.29, 0.717) is 11.5 Å². The minimum absolute atomic E-state index is 0.361. The summed E-state index contributed by atoms with van der Waals surface area (Å²) in [5.41, 5.74) is -0.424. The highest BCUT2D eigenvalue weighted by Crippen LogP contribution is 2.13. The molecule has 2 rings (SSSR count). The lowest BCUT2D eigenvalue weighted by molar-refractivity contribution is 0.578. The fraction of sp³-hybridized carbons (Fsp3) is 0.111. The van der Waals surface area contributed by atoms with E-state index in [1.807, 2.05) is 0 Å². The molecule has 0 aliphatic heterocycles. The summed E-state index contributed by atoms with van der Waals surface area (Å²) in [6.07, 6.45) is 1.48. The summed E-state index contributed by atoms with van der Waals surface area (Å²) >= 11 is 0. The number of aromatic amines is 1. The van der Waals surface area contributed by atoms with Gasteiger partial charge in [-0.1, -0.05) is 0 Å². The molecule has 0 spiro atoms. The number of hydrogen-bond donors (Lipinski definition) is 1. The van der Waals surface area contributed by atoms with Crippen LogP contribution in [0.2, 0.25) is 0 Å². The van der Waals surface area contributed by atoms with Crippen LogP contribution < -0.4 is 11.2 Å². The van der Waals surface area contributed by atoms with Gasteiger partial charge in [0.1, 0.15) is 5.76 Å². The van der Waals surface area contributed by atoms with Crippen molar-refractivity contribution in [3.63, 3.8) is 0 Å². The Morgan fingerprint density at radius 2 is 2.21 bits per heavy atom. The maximum Gasteiger partial charge on any atom is 0.328 e. The Labute approximate surface area is 78.6 Å².